The topological polar surface area (TPSA) is 81.2 Å². The Morgan fingerprint density at radius 1 is 1.27 bits per heavy atom. The molecule has 1 aromatic heterocycles. The molecule has 0 saturated heterocycles. The van der Waals surface area contributed by atoms with Gasteiger partial charge in [-0.05, 0) is 25.5 Å². The molecule has 0 aliphatic carbocycles. The second-order valence-corrected chi connectivity index (χ2v) is 7.09. The lowest BCUT2D eigenvalue weighted by atomic mass is 10.2. The van der Waals surface area contributed by atoms with Gasteiger partial charge in [0.1, 0.15) is 5.82 Å². The van der Waals surface area contributed by atoms with Crippen molar-refractivity contribution in [3.05, 3.63) is 47.9 Å². The molecule has 0 saturated carbocycles. The highest BCUT2D eigenvalue weighted by Gasteiger charge is 2.27. The molecule has 0 amide bonds. The van der Waals surface area contributed by atoms with E-state index in [9.17, 15) is 8.42 Å². The van der Waals surface area contributed by atoms with Crippen LogP contribution in [-0.2, 0) is 23.6 Å². The van der Waals surface area contributed by atoms with E-state index in [1.165, 1.54) is 4.31 Å². The van der Waals surface area contributed by atoms with Gasteiger partial charge in [0.25, 0.3) is 10.0 Å². The summed E-state index contributed by atoms with van der Waals surface area (Å²) >= 11 is 0. The largest absolute Gasteiger partial charge is 0.337 e. The maximum Gasteiger partial charge on any atom is 0.262 e. The first-order chi connectivity index (χ1) is 10.4. The van der Waals surface area contributed by atoms with Crippen LogP contribution in [0.2, 0.25) is 0 Å². The summed E-state index contributed by atoms with van der Waals surface area (Å²) in [7, 11) is -1.85. The van der Waals surface area contributed by atoms with Gasteiger partial charge in [-0.2, -0.15) is 4.31 Å². The molecule has 120 valence electrons. The van der Waals surface area contributed by atoms with E-state index in [4.69, 9.17) is 5.73 Å². The lowest BCUT2D eigenvalue weighted by molar-refractivity contribution is 0.400. The number of imidazole rings is 1. The minimum atomic E-state index is -3.63. The molecule has 0 aliphatic rings. The highest BCUT2D eigenvalue weighted by molar-refractivity contribution is 7.89. The smallest absolute Gasteiger partial charge is 0.262 e. The van der Waals surface area contributed by atoms with Crippen molar-refractivity contribution in [2.24, 2.45) is 12.8 Å². The molecule has 0 bridgehead atoms. The monoisotopic (exact) mass is 322 g/mol. The quantitative estimate of drug-likeness (QED) is 0.832. The van der Waals surface area contributed by atoms with Crippen LogP contribution in [0.15, 0.2) is 41.6 Å². The van der Waals surface area contributed by atoms with Gasteiger partial charge in [0, 0.05) is 26.3 Å². The van der Waals surface area contributed by atoms with Crippen LogP contribution in [0.1, 0.15) is 17.8 Å². The number of sulfonamides is 1. The fourth-order valence-electron chi connectivity index (χ4n) is 2.12. The zero-order chi connectivity index (χ0) is 16.2. The molecule has 22 heavy (non-hydrogen) atoms. The minimum absolute atomic E-state index is 0.0838. The van der Waals surface area contributed by atoms with Crippen LogP contribution in [-0.4, -0.2) is 35.4 Å². The molecule has 0 spiro atoms. The molecular weight excluding hydrogens is 300 g/mol. The average molecular weight is 322 g/mol. The fraction of sp³-hybridized carbons (Fsp3) is 0.400. The van der Waals surface area contributed by atoms with Crippen LogP contribution >= 0.6 is 0 Å². The third-order valence-corrected chi connectivity index (χ3v) is 5.22. The van der Waals surface area contributed by atoms with Crippen molar-refractivity contribution in [3.8, 4) is 0 Å². The van der Waals surface area contributed by atoms with Gasteiger partial charge in [0.05, 0.1) is 0 Å². The lowest BCUT2D eigenvalue weighted by Crippen LogP contribution is -2.32. The Morgan fingerprint density at radius 3 is 2.50 bits per heavy atom. The Kier molecular flexibility index (Phi) is 5.33. The first kappa shape index (κ1) is 16.7. The van der Waals surface area contributed by atoms with Gasteiger partial charge < -0.3 is 10.3 Å². The molecule has 7 heteroatoms. The zero-order valence-corrected chi connectivity index (χ0v) is 13.8. The maximum absolute atomic E-state index is 12.8. The second-order valence-electron chi connectivity index (χ2n) is 5.20. The molecule has 0 aliphatic heterocycles. The molecule has 1 aromatic carbocycles. The van der Waals surface area contributed by atoms with Crippen molar-refractivity contribution in [1.29, 1.82) is 0 Å². The summed E-state index contributed by atoms with van der Waals surface area (Å²) in [5, 5.41) is 0.0838. The number of aromatic nitrogens is 2. The number of benzene rings is 1. The molecule has 1 heterocycles. The summed E-state index contributed by atoms with van der Waals surface area (Å²) in [4.78, 5) is 4.15. The molecule has 2 N–H and O–H groups in total. The lowest BCUT2D eigenvalue weighted by Gasteiger charge is -2.20. The Hall–Kier alpha value is -1.70. The summed E-state index contributed by atoms with van der Waals surface area (Å²) in [5.41, 5.74) is 6.48. The van der Waals surface area contributed by atoms with Crippen LogP contribution in [0.25, 0.3) is 0 Å². The molecule has 6 nitrogen and oxygen atoms in total. The third-order valence-electron chi connectivity index (χ3n) is 3.50. The highest BCUT2D eigenvalue weighted by Crippen LogP contribution is 2.18. The number of hydrogen-bond donors (Lipinski definition) is 1. The van der Waals surface area contributed by atoms with Crippen molar-refractivity contribution in [2.75, 3.05) is 13.1 Å². The molecule has 2 rings (SSSR count). The van der Waals surface area contributed by atoms with E-state index < -0.39 is 10.0 Å². The first-order valence-electron chi connectivity index (χ1n) is 7.19. The first-order valence-corrected chi connectivity index (χ1v) is 8.63. The van der Waals surface area contributed by atoms with Crippen LogP contribution in [0, 0.1) is 6.92 Å². The van der Waals surface area contributed by atoms with E-state index in [-0.39, 0.29) is 5.03 Å². The van der Waals surface area contributed by atoms with Gasteiger partial charge in [-0.3, -0.25) is 0 Å². The van der Waals surface area contributed by atoms with Gasteiger partial charge in [-0.1, -0.05) is 30.3 Å². The van der Waals surface area contributed by atoms with Crippen LogP contribution < -0.4 is 5.73 Å². The molecular formula is C15H22N4O2S. The zero-order valence-electron chi connectivity index (χ0n) is 12.9. The Labute approximate surface area is 131 Å². The molecule has 0 atom stereocenters. The Morgan fingerprint density at radius 2 is 1.95 bits per heavy atom. The summed E-state index contributed by atoms with van der Waals surface area (Å²) in [6, 6.07) is 9.52. The van der Waals surface area contributed by atoms with Crippen molar-refractivity contribution in [1.82, 2.24) is 13.9 Å². The molecule has 0 fully saturated rings. The third kappa shape index (κ3) is 3.73. The number of nitrogens with zero attached hydrogens (tertiary/aromatic N) is 3. The van der Waals surface area contributed by atoms with Crippen molar-refractivity contribution in [3.63, 3.8) is 0 Å². The number of hydrogen-bond acceptors (Lipinski definition) is 4. The van der Waals surface area contributed by atoms with Gasteiger partial charge in [0.15, 0.2) is 5.03 Å². The second kappa shape index (κ2) is 7.04. The molecule has 0 radical (unpaired) electrons. The van der Waals surface area contributed by atoms with Crippen LogP contribution in [0.5, 0.6) is 0 Å². The summed E-state index contributed by atoms with van der Waals surface area (Å²) in [6.45, 7) is 2.92. The molecule has 2 aromatic rings. The van der Waals surface area contributed by atoms with Crippen LogP contribution in [0.3, 0.4) is 0 Å². The van der Waals surface area contributed by atoms with Crippen molar-refractivity contribution >= 4 is 10.0 Å². The SMILES string of the molecule is Cc1nc(S(=O)(=O)N(CCCN)Cc2ccccc2)cn1C. The van der Waals surface area contributed by atoms with Crippen molar-refractivity contribution < 1.29 is 8.42 Å². The summed E-state index contributed by atoms with van der Waals surface area (Å²) < 4.78 is 28.8. The normalized spacial score (nSPS) is 12.0. The minimum Gasteiger partial charge on any atom is -0.337 e. The predicted octanol–water partition coefficient (Wildman–Crippen LogP) is 1.27. The maximum atomic E-state index is 12.8. The van der Waals surface area contributed by atoms with Gasteiger partial charge in [-0.25, -0.2) is 13.4 Å². The number of aryl methyl sites for hydroxylation is 2. The standard InChI is InChI=1S/C15H22N4O2S/c1-13-17-15(12-18(13)2)22(20,21)19(10-6-9-16)11-14-7-4-3-5-8-14/h3-5,7-8,12H,6,9-11,16H2,1-2H3. The van der Waals surface area contributed by atoms with Gasteiger partial charge >= 0.3 is 0 Å². The van der Waals surface area contributed by atoms with E-state index in [1.54, 1.807) is 24.7 Å². The van der Waals surface area contributed by atoms with Gasteiger partial charge in [-0.15, -0.1) is 0 Å². The fourth-order valence-corrected chi connectivity index (χ4v) is 3.61. The van der Waals surface area contributed by atoms with E-state index in [0.29, 0.717) is 31.9 Å². The number of rotatable bonds is 7. The predicted molar refractivity (Wildman–Crippen MR) is 85.7 cm³/mol. The van der Waals surface area contributed by atoms with E-state index in [0.717, 1.165) is 5.56 Å². The van der Waals surface area contributed by atoms with Crippen molar-refractivity contribution in [2.45, 2.75) is 24.9 Å². The van der Waals surface area contributed by atoms with E-state index in [1.807, 2.05) is 30.3 Å². The number of nitrogens with two attached hydrogens (primary N) is 1. The van der Waals surface area contributed by atoms with E-state index >= 15 is 0 Å². The molecule has 0 unspecified atom stereocenters. The Bertz CT molecular complexity index is 691. The summed E-state index contributed by atoms with van der Waals surface area (Å²) in [5.74, 6) is 0.664. The highest BCUT2D eigenvalue weighted by atomic mass is 32.2. The summed E-state index contributed by atoms with van der Waals surface area (Å²) in [6.07, 6.45) is 2.16. The average Bonchev–Trinajstić information content (AvgIpc) is 2.85. The van der Waals surface area contributed by atoms with E-state index in [2.05, 4.69) is 4.98 Å². The van der Waals surface area contributed by atoms with Crippen LogP contribution in [0.4, 0.5) is 0 Å². The Balaban J connectivity index is 2.30. The van der Waals surface area contributed by atoms with Gasteiger partial charge in [0.2, 0.25) is 0 Å².